The molecule has 0 atom stereocenters. The number of hydrogen-bond acceptors (Lipinski definition) is 12. The molecule has 0 saturated heterocycles. The Balaban J connectivity index is 0.000000250. The van der Waals surface area contributed by atoms with E-state index in [1.807, 2.05) is 0 Å². The fraction of sp³-hybridized carbons (Fsp3) is 0.268. The van der Waals surface area contributed by atoms with E-state index in [1.165, 1.54) is 29.6 Å². The number of hydroxylamine groups is 2. The maximum absolute atomic E-state index is 13.8. The van der Waals surface area contributed by atoms with Crippen molar-refractivity contribution in [2.45, 2.75) is 19.8 Å². The van der Waals surface area contributed by atoms with Crippen molar-refractivity contribution in [3.8, 4) is 44.9 Å². The van der Waals surface area contributed by atoms with Crippen LogP contribution in [-0.2, 0) is 27.3 Å². The third-order valence-electron chi connectivity index (χ3n) is 8.13. The average molecular weight is 844 g/mol. The van der Waals surface area contributed by atoms with Crippen LogP contribution in [-0.4, -0.2) is 83.9 Å². The molecule has 4 aromatic carbocycles. The van der Waals surface area contributed by atoms with Gasteiger partial charge in [-0.05, 0) is 85.3 Å². The van der Waals surface area contributed by atoms with Crippen LogP contribution in [0.3, 0.4) is 0 Å². The first-order valence-corrected chi connectivity index (χ1v) is 18.3. The first-order chi connectivity index (χ1) is 27.7. The zero-order chi connectivity index (χ0) is 42.9. The molecule has 0 fully saturated rings. The molecule has 0 radical (unpaired) electrons. The fourth-order valence-corrected chi connectivity index (χ4v) is 6.26. The lowest BCUT2D eigenvalue weighted by molar-refractivity contribution is -0.167. The Morgan fingerprint density at radius 3 is 1.66 bits per heavy atom. The van der Waals surface area contributed by atoms with E-state index in [9.17, 15) is 23.2 Å². The number of likely N-dealkylation sites (N-methyl/N-ethyl adjacent to an activating group) is 1. The van der Waals surface area contributed by atoms with Crippen LogP contribution in [0.2, 0.25) is 0 Å². The summed E-state index contributed by atoms with van der Waals surface area (Å²) in [6, 6.07) is 19.1. The number of benzene rings is 4. The number of thiazole rings is 1. The maximum atomic E-state index is 13.8. The molecule has 0 aliphatic carbocycles. The van der Waals surface area contributed by atoms with Crippen molar-refractivity contribution in [2.75, 3.05) is 62.1 Å². The Morgan fingerprint density at radius 1 is 0.707 bits per heavy atom. The van der Waals surface area contributed by atoms with Crippen molar-refractivity contribution in [2.24, 2.45) is 0 Å². The molecular formula is C41H44ClF2N3O10S. The third-order valence-corrected chi connectivity index (χ3v) is 9.37. The van der Waals surface area contributed by atoms with Gasteiger partial charge in [0.2, 0.25) is 11.1 Å². The largest absolute Gasteiger partial charge is 0.497 e. The molecule has 5 rings (SSSR count). The summed E-state index contributed by atoms with van der Waals surface area (Å²) in [7, 11) is 12.4. The van der Waals surface area contributed by atoms with Crippen molar-refractivity contribution in [3.63, 3.8) is 0 Å². The molecule has 17 heteroatoms. The molecule has 0 aliphatic rings. The lowest BCUT2D eigenvalue weighted by Crippen LogP contribution is -2.27. The molecule has 58 heavy (non-hydrogen) atoms. The first kappa shape index (κ1) is 46.4. The summed E-state index contributed by atoms with van der Waals surface area (Å²) in [6.07, 6.45) is 0.340. The molecule has 0 unspecified atom stereocenters. The number of carbonyl (C=O) groups is 3. The molecule has 1 N–H and O–H groups in total. The number of hydrogen-bond donors (Lipinski definition) is 1. The van der Waals surface area contributed by atoms with Gasteiger partial charge >= 0.3 is 0 Å². The van der Waals surface area contributed by atoms with Crippen LogP contribution in [0.15, 0.2) is 72.8 Å². The van der Waals surface area contributed by atoms with E-state index in [0.29, 0.717) is 40.2 Å². The van der Waals surface area contributed by atoms with E-state index in [4.69, 9.17) is 44.9 Å². The number of nitrogens with zero attached hydrogens (tertiary/aromatic N) is 2. The number of nitrogens with one attached hydrogen (secondary N) is 1. The molecule has 0 spiro atoms. The fourth-order valence-electron chi connectivity index (χ4n) is 5.13. The van der Waals surface area contributed by atoms with Gasteiger partial charge in [0.1, 0.15) is 51.7 Å². The number of rotatable bonds is 14. The van der Waals surface area contributed by atoms with Crippen LogP contribution in [0.5, 0.6) is 34.5 Å². The van der Waals surface area contributed by atoms with Gasteiger partial charge in [-0.15, -0.1) is 0 Å². The SMILES string of the molecule is COc1ccc(OC)c(-c2sc(NC(=O)c3c(F)cccc3F)nc2C)c1.COc1ccc(OC)c(CC(=O)Cl)c1.COc1ccc(OC)c(CC(=O)N(C)OC)c1. The van der Waals surface area contributed by atoms with Gasteiger partial charge in [0.25, 0.3) is 5.91 Å². The highest BCUT2D eigenvalue weighted by molar-refractivity contribution is 7.19. The van der Waals surface area contributed by atoms with Gasteiger partial charge in [0.15, 0.2) is 5.13 Å². The van der Waals surface area contributed by atoms with E-state index in [2.05, 4.69) is 10.3 Å². The molecule has 0 saturated carbocycles. The van der Waals surface area contributed by atoms with E-state index < -0.39 is 28.3 Å². The summed E-state index contributed by atoms with van der Waals surface area (Å²) in [5, 5.41) is 3.44. The molecule has 2 amide bonds. The molecule has 5 aromatic rings. The second-order valence-electron chi connectivity index (χ2n) is 11.7. The van der Waals surface area contributed by atoms with Gasteiger partial charge in [0, 0.05) is 23.7 Å². The first-order valence-electron chi connectivity index (χ1n) is 17.1. The highest BCUT2D eigenvalue weighted by Gasteiger charge is 2.21. The average Bonchev–Trinajstić information content (AvgIpc) is 3.58. The van der Waals surface area contributed by atoms with Crippen LogP contribution in [0.25, 0.3) is 10.4 Å². The van der Waals surface area contributed by atoms with Crippen LogP contribution < -0.4 is 33.7 Å². The summed E-state index contributed by atoms with van der Waals surface area (Å²) >= 11 is 6.47. The van der Waals surface area contributed by atoms with Crippen molar-refractivity contribution >= 4 is 45.1 Å². The minimum Gasteiger partial charge on any atom is -0.497 e. The summed E-state index contributed by atoms with van der Waals surface area (Å²) in [5.41, 5.74) is 2.22. The van der Waals surface area contributed by atoms with Crippen molar-refractivity contribution in [1.82, 2.24) is 10.0 Å². The Labute approximate surface area is 344 Å². The van der Waals surface area contributed by atoms with Gasteiger partial charge < -0.3 is 28.4 Å². The molecular weight excluding hydrogens is 800 g/mol. The smallest absolute Gasteiger partial charge is 0.263 e. The van der Waals surface area contributed by atoms with Crippen molar-refractivity contribution < 1.29 is 56.4 Å². The molecule has 0 bridgehead atoms. The summed E-state index contributed by atoms with van der Waals surface area (Å²) in [4.78, 5) is 44.6. The van der Waals surface area contributed by atoms with Crippen molar-refractivity contribution in [1.29, 1.82) is 0 Å². The molecule has 1 aromatic heterocycles. The Kier molecular flexibility index (Phi) is 18.2. The van der Waals surface area contributed by atoms with E-state index in [0.717, 1.165) is 33.7 Å². The van der Waals surface area contributed by atoms with Crippen LogP contribution in [0.4, 0.5) is 13.9 Å². The number of halogens is 3. The quantitative estimate of drug-likeness (QED) is 0.0860. The summed E-state index contributed by atoms with van der Waals surface area (Å²) in [6.45, 7) is 1.77. The van der Waals surface area contributed by atoms with Gasteiger partial charge in [-0.25, -0.2) is 18.8 Å². The Morgan fingerprint density at radius 2 is 1.19 bits per heavy atom. The minimum atomic E-state index is -0.935. The number of ether oxygens (including phenoxy) is 6. The lowest BCUT2D eigenvalue weighted by Gasteiger charge is -2.15. The highest BCUT2D eigenvalue weighted by Crippen LogP contribution is 2.40. The standard InChI is InChI=1S/C19H16F2N2O3S.C12H17NO4.C10H11ClO3/c1-10-17(12-9-11(25-2)7-8-15(12)26-3)27-19(22-10)23-18(24)16-13(20)5-4-6-14(16)21;1-13(17-4)12(14)8-9-7-10(15-2)5-6-11(9)16-3;1-13-8-3-4-9(14-2)7(5-8)6-10(11)12/h4-9H,1-3H3,(H,22,23,24);5-7H,8H2,1-4H3;3-5H,6H2,1-2H3. The second-order valence-corrected chi connectivity index (χ2v) is 13.1. The molecule has 0 aliphatic heterocycles. The number of carbonyl (C=O) groups excluding carboxylic acids is 3. The number of anilines is 1. The second kappa shape index (κ2) is 22.7. The van der Waals surface area contributed by atoms with Crippen LogP contribution in [0.1, 0.15) is 27.2 Å². The highest BCUT2D eigenvalue weighted by atomic mass is 35.5. The summed E-state index contributed by atoms with van der Waals surface area (Å²) in [5.74, 6) is 0.988. The van der Waals surface area contributed by atoms with E-state index in [-0.39, 0.29) is 23.9 Å². The van der Waals surface area contributed by atoms with E-state index >= 15 is 0 Å². The predicted octanol–water partition coefficient (Wildman–Crippen LogP) is 7.94. The van der Waals surface area contributed by atoms with E-state index in [1.54, 1.807) is 111 Å². The minimum absolute atomic E-state index is 0.141. The van der Waals surface area contributed by atoms with Crippen LogP contribution >= 0.6 is 22.9 Å². The van der Waals surface area contributed by atoms with Gasteiger partial charge in [-0.2, -0.15) is 0 Å². The monoisotopic (exact) mass is 843 g/mol. The zero-order valence-electron chi connectivity index (χ0n) is 33.4. The van der Waals surface area contributed by atoms with Crippen molar-refractivity contribution in [3.05, 3.63) is 107 Å². The zero-order valence-corrected chi connectivity index (χ0v) is 34.9. The topological polar surface area (TPSA) is 144 Å². The predicted molar refractivity (Wildman–Crippen MR) is 217 cm³/mol. The van der Waals surface area contributed by atoms with Gasteiger partial charge in [-0.3, -0.25) is 24.5 Å². The normalized spacial score (nSPS) is 10.1. The Hall–Kier alpha value is -5.97. The van der Waals surface area contributed by atoms with Gasteiger partial charge in [0.05, 0.1) is 73.2 Å². The molecule has 310 valence electrons. The number of amides is 2. The number of methoxy groups -OCH3 is 6. The van der Waals surface area contributed by atoms with Gasteiger partial charge in [-0.1, -0.05) is 17.4 Å². The number of aryl methyl sites for hydroxylation is 1. The molecule has 1 heterocycles. The Bertz CT molecular complexity index is 2170. The lowest BCUT2D eigenvalue weighted by atomic mass is 10.1. The molecule has 13 nitrogen and oxygen atoms in total. The maximum Gasteiger partial charge on any atom is 0.263 e. The number of aromatic nitrogens is 1. The third kappa shape index (κ3) is 12.8. The van der Waals surface area contributed by atoms with Crippen LogP contribution in [0, 0.1) is 18.6 Å². The summed E-state index contributed by atoms with van der Waals surface area (Å²) < 4.78 is 58.6.